The molecule has 1 aliphatic heterocycles. The molecular formula is C19H27N5O2. The molecule has 1 saturated carbocycles. The van der Waals surface area contributed by atoms with Crippen molar-refractivity contribution in [2.45, 2.75) is 57.7 Å². The Morgan fingerprint density at radius 1 is 1.19 bits per heavy atom. The molecule has 3 heterocycles. The first kappa shape index (κ1) is 16.4. The van der Waals surface area contributed by atoms with Crippen LogP contribution in [-0.4, -0.2) is 44.0 Å². The normalized spacial score (nSPS) is 31.8. The maximum absolute atomic E-state index is 6.20. The van der Waals surface area contributed by atoms with E-state index in [4.69, 9.17) is 14.6 Å². The number of rotatable bonds is 1. The quantitative estimate of drug-likeness (QED) is 0.849. The maximum Gasteiger partial charge on any atom is 0.174 e. The van der Waals surface area contributed by atoms with Crippen LogP contribution in [0.25, 0.3) is 11.5 Å². The Morgan fingerprint density at radius 3 is 2.65 bits per heavy atom. The molecule has 0 bridgehead atoms. The SMILES string of the molecule is Cn1nc2c(c1-c1ncn[nH]1)CCC1C(C)(C)C3(CC[C@]21C)OCCO3. The molecule has 7 heteroatoms. The van der Waals surface area contributed by atoms with Gasteiger partial charge in [0.1, 0.15) is 12.0 Å². The molecule has 1 saturated heterocycles. The van der Waals surface area contributed by atoms with Crippen molar-refractivity contribution in [2.75, 3.05) is 13.2 Å². The predicted octanol–water partition coefficient (Wildman–Crippen LogP) is 2.59. The summed E-state index contributed by atoms with van der Waals surface area (Å²) in [6.45, 7) is 8.45. The number of aryl methyl sites for hydroxylation is 1. The summed E-state index contributed by atoms with van der Waals surface area (Å²) in [6, 6.07) is 0. The Morgan fingerprint density at radius 2 is 1.96 bits per heavy atom. The fourth-order valence-corrected chi connectivity index (χ4v) is 6.08. The zero-order valence-electron chi connectivity index (χ0n) is 16.0. The summed E-state index contributed by atoms with van der Waals surface area (Å²) in [5, 5.41) is 12.0. The van der Waals surface area contributed by atoms with E-state index in [0.29, 0.717) is 19.1 Å². The van der Waals surface area contributed by atoms with E-state index in [0.717, 1.165) is 37.2 Å². The zero-order valence-corrected chi connectivity index (χ0v) is 16.0. The van der Waals surface area contributed by atoms with Crippen LogP contribution in [0.1, 0.15) is 51.3 Å². The third-order valence-corrected chi connectivity index (χ3v) is 7.36. The highest BCUT2D eigenvalue weighted by Gasteiger charge is 2.64. The Balaban J connectivity index is 1.62. The van der Waals surface area contributed by atoms with Crippen LogP contribution >= 0.6 is 0 Å². The Bertz CT molecular complexity index is 834. The first-order valence-electron chi connectivity index (χ1n) is 9.59. The minimum absolute atomic E-state index is 0.0215. The number of hydrogen-bond acceptors (Lipinski definition) is 5. The van der Waals surface area contributed by atoms with Crippen LogP contribution < -0.4 is 0 Å². The molecule has 0 amide bonds. The van der Waals surface area contributed by atoms with Gasteiger partial charge in [-0.05, 0) is 25.2 Å². The molecule has 2 fully saturated rings. The molecule has 2 aliphatic carbocycles. The number of aromatic nitrogens is 5. The molecule has 26 heavy (non-hydrogen) atoms. The van der Waals surface area contributed by atoms with Gasteiger partial charge in [0.05, 0.1) is 18.9 Å². The van der Waals surface area contributed by atoms with Gasteiger partial charge in [0.2, 0.25) is 0 Å². The van der Waals surface area contributed by atoms with Gasteiger partial charge in [-0.3, -0.25) is 9.78 Å². The lowest BCUT2D eigenvalue weighted by Gasteiger charge is -2.59. The van der Waals surface area contributed by atoms with E-state index in [2.05, 4.69) is 36.0 Å². The lowest BCUT2D eigenvalue weighted by atomic mass is 9.49. The molecule has 2 aromatic heterocycles. The number of hydrogen-bond donors (Lipinski definition) is 1. The molecule has 1 unspecified atom stereocenters. The highest BCUT2D eigenvalue weighted by atomic mass is 16.7. The van der Waals surface area contributed by atoms with Crippen LogP contribution in [0, 0.1) is 11.3 Å². The molecule has 1 spiro atoms. The van der Waals surface area contributed by atoms with E-state index in [-0.39, 0.29) is 10.8 Å². The Kier molecular flexibility index (Phi) is 3.27. The van der Waals surface area contributed by atoms with E-state index >= 15 is 0 Å². The highest BCUT2D eigenvalue weighted by Crippen LogP contribution is 2.62. The first-order valence-corrected chi connectivity index (χ1v) is 9.59. The molecule has 1 N–H and O–H groups in total. The third kappa shape index (κ3) is 1.88. The highest BCUT2D eigenvalue weighted by molar-refractivity contribution is 5.59. The van der Waals surface area contributed by atoms with Crippen molar-refractivity contribution in [1.82, 2.24) is 25.0 Å². The van der Waals surface area contributed by atoms with Crippen molar-refractivity contribution >= 4 is 0 Å². The van der Waals surface area contributed by atoms with Crippen molar-refractivity contribution in [3.63, 3.8) is 0 Å². The summed E-state index contributed by atoms with van der Waals surface area (Å²) in [6.07, 6.45) is 5.61. The van der Waals surface area contributed by atoms with Crippen molar-refractivity contribution in [2.24, 2.45) is 18.4 Å². The predicted molar refractivity (Wildman–Crippen MR) is 95.4 cm³/mol. The van der Waals surface area contributed by atoms with Crippen molar-refractivity contribution < 1.29 is 9.47 Å². The van der Waals surface area contributed by atoms with E-state index in [1.807, 2.05) is 11.7 Å². The molecule has 2 atom stereocenters. The monoisotopic (exact) mass is 357 g/mol. The van der Waals surface area contributed by atoms with Crippen LogP contribution in [0.4, 0.5) is 0 Å². The molecule has 140 valence electrons. The van der Waals surface area contributed by atoms with Crippen LogP contribution in [0.15, 0.2) is 6.33 Å². The number of H-pyrrole nitrogens is 1. The van der Waals surface area contributed by atoms with E-state index in [9.17, 15) is 0 Å². The number of nitrogens with one attached hydrogen (secondary N) is 1. The molecular weight excluding hydrogens is 330 g/mol. The Hall–Kier alpha value is -1.73. The van der Waals surface area contributed by atoms with Gasteiger partial charge in [0.15, 0.2) is 11.6 Å². The molecule has 3 aliphatic rings. The standard InChI is InChI=1S/C19H27N5O2/c1-17(2)13-6-5-12-14(16-20-11-21-22-16)24(4)23-15(12)18(13,3)7-8-19(17)25-9-10-26-19/h11,13H,5-10H2,1-4H3,(H,20,21,22)/t13?,18-/m0/s1. The smallest absolute Gasteiger partial charge is 0.174 e. The fourth-order valence-electron chi connectivity index (χ4n) is 6.08. The van der Waals surface area contributed by atoms with Crippen molar-refractivity contribution in [3.05, 3.63) is 17.6 Å². The molecule has 0 aromatic carbocycles. The van der Waals surface area contributed by atoms with Crippen molar-refractivity contribution in [1.29, 1.82) is 0 Å². The van der Waals surface area contributed by atoms with Gasteiger partial charge < -0.3 is 9.47 Å². The van der Waals surface area contributed by atoms with Gasteiger partial charge in [-0.2, -0.15) is 10.2 Å². The number of ether oxygens (including phenoxy) is 2. The summed E-state index contributed by atoms with van der Waals surface area (Å²) < 4.78 is 14.4. The lowest BCUT2D eigenvalue weighted by Crippen LogP contribution is -2.61. The van der Waals surface area contributed by atoms with E-state index < -0.39 is 5.79 Å². The van der Waals surface area contributed by atoms with Gasteiger partial charge >= 0.3 is 0 Å². The van der Waals surface area contributed by atoms with Gasteiger partial charge in [0.25, 0.3) is 0 Å². The average molecular weight is 357 g/mol. The van der Waals surface area contributed by atoms with Crippen LogP contribution in [0.3, 0.4) is 0 Å². The molecule has 7 nitrogen and oxygen atoms in total. The second kappa shape index (κ2) is 5.16. The minimum atomic E-state index is -0.433. The first-order chi connectivity index (χ1) is 12.4. The van der Waals surface area contributed by atoms with E-state index in [1.54, 1.807) is 6.33 Å². The third-order valence-electron chi connectivity index (χ3n) is 7.36. The zero-order chi connectivity index (χ0) is 18.2. The molecule has 5 rings (SSSR count). The van der Waals surface area contributed by atoms with Crippen LogP contribution in [0.5, 0.6) is 0 Å². The largest absolute Gasteiger partial charge is 0.347 e. The summed E-state index contributed by atoms with van der Waals surface area (Å²) in [4.78, 5) is 4.37. The lowest BCUT2D eigenvalue weighted by molar-refractivity contribution is -0.276. The maximum atomic E-state index is 6.20. The van der Waals surface area contributed by atoms with Crippen LogP contribution in [-0.2, 0) is 28.4 Å². The molecule has 0 radical (unpaired) electrons. The van der Waals surface area contributed by atoms with Gasteiger partial charge in [-0.25, -0.2) is 4.98 Å². The van der Waals surface area contributed by atoms with Gasteiger partial charge in [-0.1, -0.05) is 20.8 Å². The topological polar surface area (TPSA) is 77.9 Å². The summed E-state index contributed by atoms with van der Waals surface area (Å²) in [5.41, 5.74) is 3.58. The second-order valence-electron chi connectivity index (χ2n) is 8.81. The number of aromatic amines is 1. The minimum Gasteiger partial charge on any atom is -0.347 e. The summed E-state index contributed by atoms with van der Waals surface area (Å²) in [5.74, 6) is 0.834. The molecule has 2 aromatic rings. The van der Waals surface area contributed by atoms with Crippen molar-refractivity contribution in [3.8, 4) is 11.5 Å². The van der Waals surface area contributed by atoms with Crippen LogP contribution in [0.2, 0.25) is 0 Å². The van der Waals surface area contributed by atoms with Gasteiger partial charge in [-0.15, -0.1) is 0 Å². The Labute approximate surface area is 153 Å². The average Bonchev–Trinajstić information content (AvgIpc) is 3.32. The fraction of sp³-hybridized carbons (Fsp3) is 0.737. The summed E-state index contributed by atoms with van der Waals surface area (Å²) in [7, 11) is 2.01. The van der Waals surface area contributed by atoms with Gasteiger partial charge in [0, 0.05) is 29.9 Å². The number of nitrogens with zero attached hydrogens (tertiary/aromatic N) is 4. The van der Waals surface area contributed by atoms with E-state index in [1.165, 1.54) is 11.3 Å². The summed E-state index contributed by atoms with van der Waals surface area (Å²) >= 11 is 0. The second-order valence-corrected chi connectivity index (χ2v) is 8.81. The number of fused-ring (bicyclic) bond motifs is 3.